The van der Waals surface area contributed by atoms with Crippen LogP contribution < -0.4 is 14.8 Å². The van der Waals surface area contributed by atoms with Gasteiger partial charge >= 0.3 is 0 Å². The number of carbonyl (C=O) groups excluding carboxylic acids is 1. The van der Waals surface area contributed by atoms with Gasteiger partial charge in [-0.05, 0) is 49.2 Å². The van der Waals surface area contributed by atoms with Crippen molar-refractivity contribution < 1.29 is 22.7 Å². The number of nitrogens with zero attached hydrogens (tertiary/aromatic N) is 1. The van der Waals surface area contributed by atoms with E-state index in [9.17, 15) is 13.2 Å². The van der Waals surface area contributed by atoms with Gasteiger partial charge in [0.1, 0.15) is 0 Å². The second-order valence-electron chi connectivity index (χ2n) is 6.28. The molecule has 0 saturated carbocycles. The van der Waals surface area contributed by atoms with E-state index in [4.69, 9.17) is 21.1 Å². The van der Waals surface area contributed by atoms with Gasteiger partial charge in [-0.25, -0.2) is 8.42 Å². The van der Waals surface area contributed by atoms with Crippen LogP contribution in [-0.4, -0.2) is 38.5 Å². The SMILES string of the molecule is O=C(Nc1ccc(S(=O)(=O)N2CCCC2)cc1)c1cc(Cl)c2c(c1)OCO2. The highest BCUT2D eigenvalue weighted by Gasteiger charge is 2.27. The van der Waals surface area contributed by atoms with Gasteiger partial charge in [0.2, 0.25) is 16.8 Å². The number of anilines is 1. The zero-order valence-corrected chi connectivity index (χ0v) is 15.8. The Labute approximate surface area is 161 Å². The van der Waals surface area contributed by atoms with E-state index in [1.54, 1.807) is 18.2 Å². The fourth-order valence-corrected chi connectivity index (χ4v) is 4.87. The number of benzene rings is 2. The second kappa shape index (κ2) is 7.03. The Hall–Kier alpha value is -2.29. The monoisotopic (exact) mass is 408 g/mol. The molecule has 27 heavy (non-hydrogen) atoms. The van der Waals surface area contributed by atoms with Crippen molar-refractivity contribution in [1.82, 2.24) is 4.31 Å². The van der Waals surface area contributed by atoms with Crippen molar-refractivity contribution in [2.45, 2.75) is 17.7 Å². The first-order valence-electron chi connectivity index (χ1n) is 8.46. The van der Waals surface area contributed by atoms with Gasteiger partial charge in [-0.1, -0.05) is 11.6 Å². The lowest BCUT2D eigenvalue weighted by molar-refractivity contribution is 0.102. The Bertz CT molecular complexity index is 986. The molecule has 0 aliphatic carbocycles. The van der Waals surface area contributed by atoms with Crippen LogP contribution in [0.5, 0.6) is 11.5 Å². The zero-order valence-electron chi connectivity index (χ0n) is 14.3. The molecule has 2 aromatic rings. The number of hydrogen-bond donors (Lipinski definition) is 1. The molecule has 0 bridgehead atoms. The number of nitrogens with one attached hydrogen (secondary N) is 1. The van der Waals surface area contributed by atoms with Crippen LogP contribution in [0.1, 0.15) is 23.2 Å². The van der Waals surface area contributed by atoms with Crippen LogP contribution in [0.4, 0.5) is 5.69 Å². The van der Waals surface area contributed by atoms with Gasteiger partial charge in [0.15, 0.2) is 11.5 Å². The molecule has 0 aromatic heterocycles. The normalized spacial score (nSPS) is 16.5. The second-order valence-corrected chi connectivity index (χ2v) is 8.63. The summed E-state index contributed by atoms with van der Waals surface area (Å²) in [7, 11) is -3.48. The summed E-state index contributed by atoms with van der Waals surface area (Å²) in [6.07, 6.45) is 1.76. The lowest BCUT2D eigenvalue weighted by Crippen LogP contribution is -2.27. The van der Waals surface area contributed by atoms with Crippen molar-refractivity contribution in [3.8, 4) is 11.5 Å². The van der Waals surface area contributed by atoms with Gasteiger partial charge in [0.25, 0.3) is 5.91 Å². The van der Waals surface area contributed by atoms with E-state index in [1.807, 2.05) is 0 Å². The number of amides is 1. The van der Waals surface area contributed by atoms with Gasteiger partial charge in [-0.3, -0.25) is 4.79 Å². The average Bonchev–Trinajstić information content (AvgIpc) is 3.34. The van der Waals surface area contributed by atoms with Crippen LogP contribution in [0.2, 0.25) is 5.02 Å². The number of rotatable bonds is 4. The van der Waals surface area contributed by atoms with Crippen molar-refractivity contribution in [3.05, 3.63) is 47.0 Å². The van der Waals surface area contributed by atoms with Gasteiger partial charge in [0.05, 0.1) is 9.92 Å². The van der Waals surface area contributed by atoms with Crippen LogP contribution in [0.25, 0.3) is 0 Å². The van der Waals surface area contributed by atoms with Gasteiger partial charge in [0, 0.05) is 24.3 Å². The molecule has 2 aliphatic rings. The Balaban J connectivity index is 1.50. The quantitative estimate of drug-likeness (QED) is 0.840. The standard InChI is InChI=1S/C18H17ClN2O5S/c19-15-9-12(10-16-17(15)26-11-25-16)18(22)20-13-3-5-14(6-4-13)27(23,24)21-7-1-2-8-21/h3-6,9-10H,1-2,7-8,11H2,(H,20,22). The number of carbonyl (C=O) groups is 1. The molecule has 9 heteroatoms. The summed E-state index contributed by atoms with van der Waals surface area (Å²) in [5.74, 6) is 0.453. The number of hydrogen-bond acceptors (Lipinski definition) is 5. The van der Waals surface area contributed by atoms with Crippen molar-refractivity contribution in [2.24, 2.45) is 0 Å². The van der Waals surface area contributed by atoms with Crippen LogP contribution in [0.3, 0.4) is 0 Å². The van der Waals surface area contributed by atoms with Crippen LogP contribution in [-0.2, 0) is 10.0 Å². The highest BCUT2D eigenvalue weighted by molar-refractivity contribution is 7.89. The summed E-state index contributed by atoms with van der Waals surface area (Å²) >= 11 is 6.10. The lowest BCUT2D eigenvalue weighted by Gasteiger charge is -2.15. The molecule has 1 saturated heterocycles. The summed E-state index contributed by atoms with van der Waals surface area (Å²) < 4.78 is 37.0. The number of fused-ring (bicyclic) bond motifs is 1. The van der Waals surface area contributed by atoms with Crippen LogP contribution in [0, 0.1) is 0 Å². The fourth-order valence-electron chi connectivity index (χ4n) is 3.09. The third kappa shape index (κ3) is 3.47. The van der Waals surface area contributed by atoms with E-state index < -0.39 is 10.0 Å². The van der Waals surface area contributed by atoms with Crippen molar-refractivity contribution in [3.63, 3.8) is 0 Å². The number of halogens is 1. The van der Waals surface area contributed by atoms with E-state index >= 15 is 0 Å². The Morgan fingerprint density at radius 2 is 1.78 bits per heavy atom. The predicted molar refractivity (Wildman–Crippen MR) is 100.0 cm³/mol. The van der Waals surface area contributed by atoms with Crippen molar-refractivity contribution in [1.29, 1.82) is 0 Å². The summed E-state index contributed by atoms with van der Waals surface area (Å²) in [5.41, 5.74) is 0.798. The van der Waals surface area contributed by atoms with Crippen molar-refractivity contribution >= 4 is 33.2 Å². The van der Waals surface area contributed by atoms with E-state index in [2.05, 4.69) is 5.32 Å². The minimum absolute atomic E-state index is 0.0626. The molecular weight excluding hydrogens is 392 g/mol. The van der Waals surface area contributed by atoms with Crippen LogP contribution in [0.15, 0.2) is 41.3 Å². The topological polar surface area (TPSA) is 84.9 Å². The minimum atomic E-state index is -3.48. The number of ether oxygens (including phenoxy) is 2. The summed E-state index contributed by atoms with van der Waals surface area (Å²) in [6.45, 7) is 1.16. The summed E-state index contributed by atoms with van der Waals surface area (Å²) in [4.78, 5) is 12.7. The molecule has 7 nitrogen and oxygen atoms in total. The zero-order chi connectivity index (χ0) is 19.0. The molecule has 0 spiro atoms. The Morgan fingerprint density at radius 3 is 2.48 bits per heavy atom. The summed E-state index contributed by atoms with van der Waals surface area (Å²) in [5, 5.41) is 3.02. The molecular formula is C18H17ClN2O5S. The van der Waals surface area contributed by atoms with Gasteiger partial charge in [-0.15, -0.1) is 0 Å². The molecule has 0 unspecified atom stereocenters. The Kier molecular flexibility index (Phi) is 4.71. The molecule has 2 aromatic carbocycles. The molecule has 2 aliphatic heterocycles. The maximum absolute atomic E-state index is 12.5. The van der Waals surface area contributed by atoms with Gasteiger partial charge in [-0.2, -0.15) is 4.31 Å². The Morgan fingerprint density at radius 1 is 1.07 bits per heavy atom. The maximum Gasteiger partial charge on any atom is 0.255 e. The van der Waals surface area contributed by atoms with Crippen LogP contribution >= 0.6 is 11.6 Å². The van der Waals surface area contributed by atoms with Gasteiger partial charge < -0.3 is 14.8 Å². The largest absolute Gasteiger partial charge is 0.454 e. The highest BCUT2D eigenvalue weighted by atomic mass is 35.5. The third-order valence-electron chi connectivity index (χ3n) is 4.50. The molecule has 0 radical (unpaired) electrons. The van der Waals surface area contributed by atoms with Crippen molar-refractivity contribution in [2.75, 3.05) is 25.2 Å². The minimum Gasteiger partial charge on any atom is -0.454 e. The van der Waals surface area contributed by atoms with E-state index in [-0.39, 0.29) is 17.6 Å². The highest BCUT2D eigenvalue weighted by Crippen LogP contribution is 2.39. The fraction of sp³-hybridized carbons (Fsp3) is 0.278. The molecule has 4 rings (SSSR count). The maximum atomic E-state index is 12.5. The van der Waals surface area contributed by atoms with E-state index in [0.717, 1.165) is 12.8 Å². The lowest BCUT2D eigenvalue weighted by atomic mass is 10.2. The average molecular weight is 409 g/mol. The molecule has 2 heterocycles. The molecule has 0 atom stereocenters. The predicted octanol–water partition coefficient (Wildman–Crippen LogP) is 3.11. The molecule has 1 N–H and O–H groups in total. The first-order valence-corrected chi connectivity index (χ1v) is 10.3. The van der Waals surface area contributed by atoms with E-state index in [1.165, 1.54) is 22.5 Å². The first-order chi connectivity index (χ1) is 12.9. The molecule has 1 amide bonds. The van der Waals surface area contributed by atoms with E-state index in [0.29, 0.717) is 40.9 Å². The smallest absolute Gasteiger partial charge is 0.255 e. The first kappa shape index (κ1) is 18.1. The summed E-state index contributed by atoms with van der Waals surface area (Å²) in [6, 6.07) is 9.17. The molecule has 1 fully saturated rings. The number of sulfonamides is 1. The third-order valence-corrected chi connectivity index (χ3v) is 6.70. The molecule has 142 valence electrons.